The van der Waals surface area contributed by atoms with Crippen molar-refractivity contribution in [3.63, 3.8) is 0 Å². The summed E-state index contributed by atoms with van der Waals surface area (Å²) in [5.41, 5.74) is 4.15. The van der Waals surface area contributed by atoms with Crippen LogP contribution < -0.4 is 4.74 Å². The minimum Gasteiger partial charge on any atom is -0.434 e. The van der Waals surface area contributed by atoms with Crippen molar-refractivity contribution in [1.82, 2.24) is 9.88 Å². The molecule has 0 saturated carbocycles. The van der Waals surface area contributed by atoms with Crippen LogP contribution in [-0.2, 0) is 11.2 Å². The number of H-pyrrole nitrogens is 1. The molecule has 2 aromatic carbocycles. The molecule has 3 atom stereocenters. The van der Waals surface area contributed by atoms with Crippen LogP contribution in [0.5, 0.6) is 5.75 Å². The second-order valence-corrected chi connectivity index (χ2v) is 8.31. The summed E-state index contributed by atoms with van der Waals surface area (Å²) in [7, 11) is 2.23. The lowest BCUT2D eigenvalue weighted by Crippen LogP contribution is -2.48. The van der Waals surface area contributed by atoms with E-state index in [1.165, 1.54) is 22.0 Å². The largest absolute Gasteiger partial charge is 0.513 e. The Morgan fingerprint density at radius 3 is 2.90 bits per heavy atom. The van der Waals surface area contributed by atoms with Crippen LogP contribution in [-0.4, -0.2) is 42.3 Å². The number of benzene rings is 2. The first-order chi connectivity index (χ1) is 14.2. The van der Waals surface area contributed by atoms with Crippen LogP contribution >= 0.6 is 0 Å². The maximum atomic E-state index is 11.9. The third kappa shape index (κ3) is 3.51. The molecule has 150 valence electrons. The van der Waals surface area contributed by atoms with E-state index in [1.807, 2.05) is 18.2 Å². The van der Waals surface area contributed by atoms with Crippen molar-refractivity contribution in [3.05, 3.63) is 65.9 Å². The zero-order chi connectivity index (χ0) is 19.8. The molecule has 0 bridgehead atoms. The number of piperidine rings is 1. The average molecular weight is 390 g/mol. The number of para-hydroxylation sites is 1. The lowest BCUT2D eigenvalue weighted by atomic mass is 9.72. The molecule has 5 nitrogen and oxygen atoms in total. The van der Waals surface area contributed by atoms with E-state index in [2.05, 4.69) is 41.3 Å². The van der Waals surface area contributed by atoms with Gasteiger partial charge in [0.2, 0.25) is 0 Å². The smallest absolute Gasteiger partial charge is 0.434 e. The summed E-state index contributed by atoms with van der Waals surface area (Å²) < 4.78 is 10.5. The van der Waals surface area contributed by atoms with Crippen molar-refractivity contribution >= 4 is 17.1 Å². The number of likely N-dealkylation sites (tertiary alicyclic amines) is 1. The van der Waals surface area contributed by atoms with E-state index >= 15 is 0 Å². The van der Waals surface area contributed by atoms with Gasteiger partial charge in [-0.2, -0.15) is 0 Å². The standard InChI is InChI=1S/C24H26N2O3/c1-26-15-16(10-11-28-24(27)29-18-6-3-2-4-7-18)12-20-19-8-5-9-21-23(19)17(14-25-21)13-22(20)26/h2-9,14,16,20,22,25H,10-13,15H2,1H3/t16?,20-,22-/m0/s1. The number of likely N-dealkylation sites (N-methyl/N-ethyl adjacent to an activating group) is 1. The predicted molar refractivity (Wildman–Crippen MR) is 112 cm³/mol. The monoisotopic (exact) mass is 390 g/mol. The van der Waals surface area contributed by atoms with Crippen LogP contribution in [0.2, 0.25) is 0 Å². The molecule has 0 spiro atoms. The Kier molecular flexibility index (Phi) is 4.76. The first-order valence-electron chi connectivity index (χ1n) is 10.4. The van der Waals surface area contributed by atoms with Gasteiger partial charge in [0.25, 0.3) is 0 Å². The van der Waals surface area contributed by atoms with Gasteiger partial charge >= 0.3 is 6.16 Å². The maximum Gasteiger partial charge on any atom is 0.513 e. The zero-order valence-electron chi connectivity index (χ0n) is 16.6. The van der Waals surface area contributed by atoms with Crippen LogP contribution in [0.1, 0.15) is 29.9 Å². The second-order valence-electron chi connectivity index (χ2n) is 8.31. The molecule has 1 aliphatic heterocycles. The molecule has 5 rings (SSSR count). The Bertz CT molecular complexity index is 1010. The van der Waals surface area contributed by atoms with E-state index < -0.39 is 6.16 Å². The molecule has 5 heteroatoms. The molecule has 29 heavy (non-hydrogen) atoms. The van der Waals surface area contributed by atoms with Gasteiger partial charge in [0, 0.05) is 35.6 Å². The molecule has 0 radical (unpaired) electrons. The molecular weight excluding hydrogens is 364 g/mol. The number of aromatic nitrogens is 1. The fourth-order valence-corrected chi connectivity index (χ4v) is 5.19. The summed E-state index contributed by atoms with van der Waals surface area (Å²) in [5.74, 6) is 1.54. The van der Waals surface area contributed by atoms with Crippen molar-refractivity contribution in [2.75, 3.05) is 20.2 Å². The average Bonchev–Trinajstić information content (AvgIpc) is 3.14. The third-order valence-electron chi connectivity index (χ3n) is 6.50. The van der Waals surface area contributed by atoms with Gasteiger partial charge in [0.05, 0.1) is 6.61 Å². The summed E-state index contributed by atoms with van der Waals surface area (Å²) in [5, 5.41) is 1.42. The lowest BCUT2D eigenvalue weighted by molar-refractivity contribution is 0.0710. The lowest BCUT2D eigenvalue weighted by Gasteiger charge is -2.45. The zero-order valence-corrected chi connectivity index (χ0v) is 16.6. The number of hydrogen-bond donors (Lipinski definition) is 1. The molecule has 1 saturated heterocycles. The van der Waals surface area contributed by atoms with Gasteiger partial charge in [-0.15, -0.1) is 0 Å². The van der Waals surface area contributed by atoms with Gasteiger partial charge in [0.1, 0.15) is 5.75 Å². The number of nitrogens with zero attached hydrogens (tertiary/aromatic N) is 1. The van der Waals surface area contributed by atoms with E-state index in [0.29, 0.717) is 30.2 Å². The number of fused-ring (bicyclic) bond motifs is 2. The Morgan fingerprint density at radius 1 is 1.17 bits per heavy atom. The number of hydrogen-bond acceptors (Lipinski definition) is 4. The van der Waals surface area contributed by atoms with Crippen molar-refractivity contribution < 1.29 is 14.3 Å². The van der Waals surface area contributed by atoms with Crippen LogP contribution in [0, 0.1) is 5.92 Å². The summed E-state index contributed by atoms with van der Waals surface area (Å²) >= 11 is 0. The van der Waals surface area contributed by atoms with Gasteiger partial charge < -0.3 is 19.4 Å². The highest BCUT2D eigenvalue weighted by Crippen LogP contribution is 2.44. The topological polar surface area (TPSA) is 54.6 Å². The van der Waals surface area contributed by atoms with Crippen LogP contribution in [0.15, 0.2) is 54.7 Å². The molecule has 3 aromatic rings. The summed E-state index contributed by atoms with van der Waals surface area (Å²) in [6.07, 6.45) is 4.64. The molecule has 1 N–H and O–H groups in total. The summed E-state index contributed by atoms with van der Waals surface area (Å²) in [4.78, 5) is 17.9. The molecule has 1 unspecified atom stereocenters. The summed E-state index contributed by atoms with van der Waals surface area (Å²) in [6.45, 7) is 1.43. The van der Waals surface area contributed by atoms with Crippen molar-refractivity contribution in [1.29, 1.82) is 0 Å². The van der Waals surface area contributed by atoms with Gasteiger partial charge in [-0.3, -0.25) is 0 Å². The molecule has 2 aliphatic rings. The summed E-state index contributed by atoms with van der Waals surface area (Å²) in [6, 6.07) is 16.2. The first-order valence-corrected chi connectivity index (χ1v) is 10.4. The molecule has 1 fully saturated rings. The van der Waals surface area contributed by atoms with Crippen LogP contribution in [0.4, 0.5) is 4.79 Å². The quantitative estimate of drug-likeness (QED) is 0.517. The molecule has 2 heterocycles. The maximum absolute atomic E-state index is 11.9. The number of ether oxygens (including phenoxy) is 2. The Balaban J connectivity index is 1.22. The second kappa shape index (κ2) is 7.56. The highest BCUT2D eigenvalue weighted by molar-refractivity contribution is 5.88. The fourth-order valence-electron chi connectivity index (χ4n) is 5.19. The Morgan fingerprint density at radius 2 is 2.03 bits per heavy atom. The molecule has 1 aromatic heterocycles. The number of nitrogens with one attached hydrogen (secondary N) is 1. The Hall–Kier alpha value is -2.79. The van der Waals surface area contributed by atoms with E-state index in [1.54, 1.807) is 12.1 Å². The molecular formula is C24H26N2O3. The number of aromatic amines is 1. The molecule has 0 amide bonds. The van der Waals surface area contributed by atoms with Crippen molar-refractivity contribution in [3.8, 4) is 5.75 Å². The third-order valence-corrected chi connectivity index (χ3v) is 6.50. The minimum atomic E-state index is -0.627. The van der Waals surface area contributed by atoms with Crippen LogP contribution in [0.25, 0.3) is 10.9 Å². The SMILES string of the molecule is CN1CC(CCOC(=O)Oc2ccccc2)C[C@H]2c3cccc4[nH]cc(c34)C[C@@H]21. The van der Waals surface area contributed by atoms with Gasteiger partial charge in [-0.1, -0.05) is 30.3 Å². The van der Waals surface area contributed by atoms with Gasteiger partial charge in [-0.25, -0.2) is 4.79 Å². The van der Waals surface area contributed by atoms with E-state index in [9.17, 15) is 4.79 Å². The van der Waals surface area contributed by atoms with Crippen molar-refractivity contribution in [2.45, 2.75) is 31.2 Å². The van der Waals surface area contributed by atoms with Crippen molar-refractivity contribution in [2.24, 2.45) is 5.92 Å². The number of carbonyl (C=O) groups is 1. The molecule has 1 aliphatic carbocycles. The fraction of sp³-hybridized carbons (Fsp3) is 0.375. The first kappa shape index (κ1) is 18.3. The van der Waals surface area contributed by atoms with Gasteiger partial charge in [-0.05, 0) is 61.6 Å². The predicted octanol–water partition coefficient (Wildman–Crippen LogP) is 4.73. The Labute approximate surface area is 170 Å². The number of rotatable bonds is 4. The van der Waals surface area contributed by atoms with Gasteiger partial charge in [0.15, 0.2) is 0 Å². The normalized spacial score (nSPS) is 23.6. The highest BCUT2D eigenvalue weighted by atomic mass is 16.7. The van der Waals surface area contributed by atoms with Crippen LogP contribution in [0.3, 0.4) is 0 Å². The van der Waals surface area contributed by atoms with E-state index in [0.717, 1.165) is 25.8 Å². The van der Waals surface area contributed by atoms with E-state index in [-0.39, 0.29) is 0 Å². The minimum absolute atomic E-state index is 0.390. The number of carbonyl (C=O) groups excluding carboxylic acids is 1. The van der Waals surface area contributed by atoms with E-state index in [4.69, 9.17) is 9.47 Å². The highest BCUT2D eigenvalue weighted by Gasteiger charge is 2.39.